The number of amides is 1. The molecule has 2 aromatic heterocycles. The van der Waals surface area contributed by atoms with Crippen LogP contribution < -0.4 is 5.73 Å². The molecule has 8 heteroatoms. The van der Waals surface area contributed by atoms with Crippen molar-refractivity contribution in [3.63, 3.8) is 0 Å². The second-order valence-electron chi connectivity index (χ2n) is 6.56. The van der Waals surface area contributed by atoms with Gasteiger partial charge < -0.3 is 10.6 Å². The highest BCUT2D eigenvalue weighted by molar-refractivity contribution is 8.04. The van der Waals surface area contributed by atoms with E-state index in [0.717, 1.165) is 22.5 Å². The number of hydrogen-bond donors (Lipinski definition) is 1. The minimum atomic E-state index is -0.419. The van der Waals surface area contributed by atoms with E-state index in [1.807, 2.05) is 54.3 Å². The van der Waals surface area contributed by atoms with Gasteiger partial charge in [-0.2, -0.15) is 0 Å². The van der Waals surface area contributed by atoms with Crippen LogP contribution in [0.15, 0.2) is 71.7 Å². The van der Waals surface area contributed by atoms with Gasteiger partial charge in [-0.15, -0.1) is 5.10 Å². The number of pyridine rings is 1. The van der Waals surface area contributed by atoms with Gasteiger partial charge in [-0.1, -0.05) is 53.4 Å². The molecular weight excluding hydrogens is 372 g/mol. The zero-order chi connectivity index (χ0) is 19.5. The van der Waals surface area contributed by atoms with Gasteiger partial charge in [0.1, 0.15) is 11.1 Å². The van der Waals surface area contributed by atoms with Gasteiger partial charge in [0.25, 0.3) is 5.91 Å². The Bertz CT molecular complexity index is 1000. The molecule has 0 bridgehead atoms. The number of hydrogen-bond acceptors (Lipinski definition) is 6. The highest BCUT2D eigenvalue weighted by Gasteiger charge is 2.35. The van der Waals surface area contributed by atoms with Gasteiger partial charge in [0.05, 0.1) is 17.6 Å². The normalized spacial score (nSPS) is 16.6. The summed E-state index contributed by atoms with van der Waals surface area (Å²) in [4.78, 5) is 18.8. The van der Waals surface area contributed by atoms with E-state index in [0.29, 0.717) is 18.0 Å². The van der Waals surface area contributed by atoms with E-state index in [1.54, 1.807) is 6.20 Å². The van der Waals surface area contributed by atoms with Crippen LogP contribution in [0.1, 0.15) is 29.1 Å². The Morgan fingerprint density at radius 1 is 1.14 bits per heavy atom. The lowest BCUT2D eigenvalue weighted by molar-refractivity contribution is -0.114. The monoisotopic (exact) mass is 392 g/mol. The summed E-state index contributed by atoms with van der Waals surface area (Å²) in [7, 11) is 0. The number of nitrogens with two attached hydrogens (primary N) is 1. The van der Waals surface area contributed by atoms with Crippen molar-refractivity contribution in [2.75, 3.05) is 0 Å². The van der Waals surface area contributed by atoms with Gasteiger partial charge >= 0.3 is 0 Å². The molecule has 3 aromatic rings. The first-order valence-corrected chi connectivity index (χ1v) is 9.76. The number of thioether (sulfide) groups is 1. The largest absolute Gasteiger partial charge is 0.365 e. The number of carbonyl (C=O) groups excluding carboxylic acids is 1. The molecule has 0 saturated carbocycles. The number of rotatable bonds is 6. The average molecular weight is 392 g/mol. The summed E-state index contributed by atoms with van der Waals surface area (Å²) < 4.78 is 1.81. The van der Waals surface area contributed by atoms with Crippen molar-refractivity contribution in [3.8, 4) is 0 Å². The molecule has 1 aliphatic rings. The van der Waals surface area contributed by atoms with Crippen LogP contribution in [0.2, 0.25) is 0 Å². The van der Waals surface area contributed by atoms with Crippen molar-refractivity contribution in [1.82, 2.24) is 24.9 Å². The quantitative estimate of drug-likeness (QED) is 0.694. The highest BCUT2D eigenvalue weighted by Crippen LogP contribution is 2.47. The lowest BCUT2D eigenvalue weighted by atomic mass is 10.2. The Balaban J connectivity index is 1.59. The minimum Gasteiger partial charge on any atom is -0.365 e. The molecule has 1 atom stereocenters. The molecule has 0 spiro atoms. The van der Waals surface area contributed by atoms with E-state index in [-0.39, 0.29) is 5.37 Å². The molecule has 7 nitrogen and oxygen atoms in total. The summed E-state index contributed by atoms with van der Waals surface area (Å²) in [6, 6.07) is 14.0. The third kappa shape index (κ3) is 3.77. The van der Waals surface area contributed by atoms with Crippen molar-refractivity contribution < 1.29 is 4.79 Å². The lowest BCUT2D eigenvalue weighted by Gasteiger charge is -2.26. The molecule has 28 heavy (non-hydrogen) atoms. The fourth-order valence-corrected chi connectivity index (χ4v) is 4.40. The van der Waals surface area contributed by atoms with Crippen LogP contribution in [0.5, 0.6) is 0 Å². The number of aromatic nitrogens is 4. The summed E-state index contributed by atoms with van der Waals surface area (Å²) in [6.07, 6.45) is 5.49. The Hall–Kier alpha value is -3.13. The van der Waals surface area contributed by atoms with Crippen molar-refractivity contribution in [2.45, 2.75) is 25.4 Å². The van der Waals surface area contributed by atoms with Gasteiger partial charge in [-0.3, -0.25) is 9.78 Å². The number of carbonyl (C=O) groups is 1. The van der Waals surface area contributed by atoms with Crippen LogP contribution in [0.4, 0.5) is 0 Å². The van der Waals surface area contributed by atoms with Crippen LogP contribution in [0.25, 0.3) is 0 Å². The van der Waals surface area contributed by atoms with Gasteiger partial charge in [-0.05, 0) is 24.1 Å². The topological polar surface area (TPSA) is 89.9 Å². The Kier molecular flexibility index (Phi) is 5.12. The SMILES string of the molecule is CC1=C(C(N)=O)SC(c2cn(Cc3ccccc3)nn2)N1Cc1cccnc1. The van der Waals surface area contributed by atoms with Gasteiger partial charge in [0.15, 0.2) is 0 Å². The van der Waals surface area contributed by atoms with E-state index < -0.39 is 5.91 Å². The summed E-state index contributed by atoms with van der Waals surface area (Å²) in [5.41, 5.74) is 9.44. The smallest absolute Gasteiger partial charge is 0.256 e. The van der Waals surface area contributed by atoms with E-state index in [4.69, 9.17) is 5.73 Å². The zero-order valence-electron chi connectivity index (χ0n) is 15.4. The van der Waals surface area contributed by atoms with E-state index in [1.165, 1.54) is 11.8 Å². The summed E-state index contributed by atoms with van der Waals surface area (Å²) in [6.45, 7) is 3.17. The van der Waals surface area contributed by atoms with Gasteiger partial charge in [0.2, 0.25) is 0 Å². The van der Waals surface area contributed by atoms with Crippen molar-refractivity contribution in [2.24, 2.45) is 5.73 Å². The maximum Gasteiger partial charge on any atom is 0.256 e. The first kappa shape index (κ1) is 18.2. The Morgan fingerprint density at radius 2 is 1.93 bits per heavy atom. The van der Waals surface area contributed by atoms with Crippen molar-refractivity contribution in [1.29, 1.82) is 0 Å². The summed E-state index contributed by atoms with van der Waals surface area (Å²) in [5.74, 6) is -0.419. The third-order valence-corrected chi connectivity index (χ3v) is 6.02. The highest BCUT2D eigenvalue weighted by atomic mass is 32.2. The molecule has 0 aliphatic carbocycles. The summed E-state index contributed by atoms with van der Waals surface area (Å²) in [5, 5.41) is 8.48. The zero-order valence-corrected chi connectivity index (χ0v) is 16.2. The van der Waals surface area contributed by atoms with E-state index in [2.05, 4.69) is 32.3 Å². The molecule has 0 saturated heterocycles. The Morgan fingerprint density at radius 3 is 2.64 bits per heavy atom. The molecule has 1 unspecified atom stereocenters. The molecule has 1 amide bonds. The van der Waals surface area contributed by atoms with E-state index >= 15 is 0 Å². The van der Waals surface area contributed by atoms with Crippen molar-refractivity contribution >= 4 is 17.7 Å². The maximum absolute atomic E-state index is 11.9. The predicted molar refractivity (Wildman–Crippen MR) is 108 cm³/mol. The molecule has 2 N–H and O–H groups in total. The standard InChI is InChI=1S/C20H20N6OS/c1-14-18(19(21)27)28-20(26(14)12-16-8-5-9-22-10-16)17-13-25(24-23-17)11-15-6-3-2-4-7-15/h2-10,13,20H,11-12H2,1H3,(H2,21,27). The second-order valence-corrected chi connectivity index (χ2v) is 7.66. The van der Waals surface area contributed by atoms with Gasteiger partial charge in [-0.25, -0.2) is 4.68 Å². The van der Waals surface area contributed by atoms with Crippen LogP contribution in [-0.2, 0) is 17.9 Å². The van der Waals surface area contributed by atoms with Gasteiger partial charge in [0, 0.05) is 24.6 Å². The number of benzene rings is 1. The maximum atomic E-state index is 11.9. The van der Waals surface area contributed by atoms with Crippen LogP contribution in [0.3, 0.4) is 0 Å². The number of primary amides is 1. The molecule has 1 aromatic carbocycles. The summed E-state index contributed by atoms with van der Waals surface area (Å²) >= 11 is 1.42. The van der Waals surface area contributed by atoms with Crippen molar-refractivity contribution in [3.05, 3.63) is 88.5 Å². The molecule has 4 rings (SSSR count). The molecule has 1 aliphatic heterocycles. The second kappa shape index (κ2) is 7.85. The number of nitrogens with zero attached hydrogens (tertiary/aromatic N) is 5. The fourth-order valence-electron chi connectivity index (χ4n) is 3.19. The average Bonchev–Trinajstić information content (AvgIpc) is 3.28. The molecule has 0 radical (unpaired) electrons. The Labute approximate surface area is 167 Å². The predicted octanol–water partition coefficient (Wildman–Crippen LogP) is 2.69. The van der Waals surface area contributed by atoms with Crippen LogP contribution in [0, 0.1) is 0 Å². The van der Waals surface area contributed by atoms with Crippen LogP contribution >= 0.6 is 11.8 Å². The molecular formula is C20H20N6OS. The van der Waals surface area contributed by atoms with E-state index in [9.17, 15) is 4.79 Å². The first-order chi connectivity index (χ1) is 13.6. The number of allylic oxidation sites excluding steroid dienone is 1. The van der Waals surface area contributed by atoms with Crippen LogP contribution in [-0.4, -0.2) is 30.8 Å². The first-order valence-electron chi connectivity index (χ1n) is 8.88. The third-order valence-electron chi connectivity index (χ3n) is 4.57. The lowest BCUT2D eigenvalue weighted by Crippen LogP contribution is -2.22. The molecule has 142 valence electrons. The fraction of sp³-hybridized carbons (Fsp3) is 0.200. The molecule has 3 heterocycles. The minimum absolute atomic E-state index is 0.160. The molecule has 0 fully saturated rings.